The second kappa shape index (κ2) is 11.7. The Labute approximate surface area is 224 Å². The number of carbonyl (C=O) groups excluding carboxylic acids is 2. The van der Waals surface area contributed by atoms with E-state index in [-0.39, 0.29) is 40.4 Å². The van der Waals surface area contributed by atoms with E-state index in [4.69, 9.17) is 4.74 Å². The average molecular weight is 534 g/mol. The SMILES string of the molecule is CC(C)(C)c1cc(N(C(=O)[C@H]2CC[C@H](C)CC2)C2CCN(C(=O)O[C@@H]3CCCNC3)CC2)c(C(=O)O)s1. The molecule has 206 valence electrons. The van der Waals surface area contributed by atoms with E-state index in [0.717, 1.165) is 49.9 Å². The smallest absolute Gasteiger partial charge is 0.410 e. The number of amides is 2. The summed E-state index contributed by atoms with van der Waals surface area (Å²) < 4.78 is 5.72. The Kier molecular flexibility index (Phi) is 8.84. The summed E-state index contributed by atoms with van der Waals surface area (Å²) in [4.78, 5) is 43.9. The van der Waals surface area contributed by atoms with Gasteiger partial charge in [0.1, 0.15) is 11.0 Å². The summed E-state index contributed by atoms with van der Waals surface area (Å²) >= 11 is 1.27. The molecule has 3 aliphatic rings. The fourth-order valence-electron chi connectivity index (χ4n) is 5.73. The van der Waals surface area contributed by atoms with E-state index < -0.39 is 5.97 Å². The zero-order chi connectivity index (χ0) is 26.7. The molecule has 1 aromatic rings. The van der Waals surface area contributed by atoms with Gasteiger partial charge in [-0.2, -0.15) is 0 Å². The van der Waals surface area contributed by atoms with Crippen LogP contribution in [0, 0.1) is 11.8 Å². The van der Waals surface area contributed by atoms with Crippen molar-refractivity contribution in [3.8, 4) is 0 Å². The van der Waals surface area contributed by atoms with E-state index in [0.29, 0.717) is 44.1 Å². The van der Waals surface area contributed by atoms with Crippen molar-refractivity contribution in [2.24, 2.45) is 11.8 Å². The number of nitrogens with one attached hydrogen (secondary N) is 1. The Hall–Kier alpha value is -2.13. The Morgan fingerprint density at radius 1 is 1.08 bits per heavy atom. The lowest BCUT2D eigenvalue weighted by Gasteiger charge is -2.40. The fraction of sp³-hybridized carbons (Fsp3) is 0.750. The summed E-state index contributed by atoms with van der Waals surface area (Å²) in [5.41, 5.74) is 0.309. The van der Waals surface area contributed by atoms with Gasteiger partial charge in [0.2, 0.25) is 5.91 Å². The van der Waals surface area contributed by atoms with E-state index in [2.05, 4.69) is 33.0 Å². The Balaban J connectivity index is 1.55. The predicted molar refractivity (Wildman–Crippen MR) is 146 cm³/mol. The zero-order valence-corrected chi connectivity index (χ0v) is 23.6. The fourth-order valence-corrected chi connectivity index (χ4v) is 6.77. The predicted octanol–water partition coefficient (Wildman–Crippen LogP) is 5.26. The van der Waals surface area contributed by atoms with E-state index >= 15 is 0 Å². The van der Waals surface area contributed by atoms with Gasteiger partial charge in [0, 0.05) is 36.5 Å². The maximum absolute atomic E-state index is 14.0. The first-order chi connectivity index (χ1) is 17.5. The Morgan fingerprint density at radius 2 is 1.76 bits per heavy atom. The second-order valence-corrected chi connectivity index (χ2v) is 13.2. The molecule has 2 saturated heterocycles. The summed E-state index contributed by atoms with van der Waals surface area (Å²) in [5.74, 6) is -0.415. The van der Waals surface area contributed by atoms with Crippen molar-refractivity contribution < 1.29 is 24.2 Å². The lowest BCUT2D eigenvalue weighted by molar-refractivity contribution is -0.124. The highest BCUT2D eigenvalue weighted by Crippen LogP contribution is 2.41. The third-order valence-corrected chi connectivity index (χ3v) is 9.65. The number of carbonyl (C=O) groups is 3. The lowest BCUT2D eigenvalue weighted by atomic mass is 9.82. The molecule has 3 heterocycles. The molecule has 0 unspecified atom stereocenters. The van der Waals surface area contributed by atoms with E-state index in [1.165, 1.54) is 11.3 Å². The molecule has 0 aromatic carbocycles. The van der Waals surface area contributed by atoms with E-state index in [1.54, 1.807) is 4.90 Å². The molecule has 9 heteroatoms. The number of hydrogen-bond acceptors (Lipinski definition) is 6. The number of hydrogen-bond donors (Lipinski definition) is 2. The Bertz CT molecular complexity index is 965. The zero-order valence-electron chi connectivity index (χ0n) is 22.8. The normalized spacial score (nSPS) is 25.5. The van der Waals surface area contributed by atoms with Gasteiger partial charge >= 0.3 is 12.1 Å². The first-order valence-corrected chi connectivity index (χ1v) is 14.7. The summed E-state index contributed by atoms with van der Waals surface area (Å²) in [6.07, 6.45) is 6.43. The average Bonchev–Trinajstić information content (AvgIpc) is 3.32. The van der Waals surface area contributed by atoms with Gasteiger partial charge < -0.3 is 25.0 Å². The molecule has 1 saturated carbocycles. The van der Waals surface area contributed by atoms with Crippen molar-refractivity contribution in [3.63, 3.8) is 0 Å². The minimum atomic E-state index is -0.993. The van der Waals surface area contributed by atoms with Gasteiger partial charge in [0.15, 0.2) is 0 Å². The van der Waals surface area contributed by atoms with Gasteiger partial charge in [-0.05, 0) is 75.3 Å². The second-order valence-electron chi connectivity index (χ2n) is 12.1. The van der Waals surface area contributed by atoms with E-state index in [1.807, 2.05) is 11.0 Å². The summed E-state index contributed by atoms with van der Waals surface area (Å²) in [5, 5.41) is 13.4. The molecule has 2 amide bonds. The summed E-state index contributed by atoms with van der Waals surface area (Å²) in [7, 11) is 0. The van der Waals surface area contributed by atoms with Crippen LogP contribution < -0.4 is 10.2 Å². The number of thiophene rings is 1. The maximum Gasteiger partial charge on any atom is 0.410 e. The number of likely N-dealkylation sites (tertiary alicyclic amines) is 1. The van der Waals surface area contributed by atoms with Crippen molar-refractivity contribution in [1.82, 2.24) is 10.2 Å². The number of nitrogens with zero attached hydrogens (tertiary/aromatic N) is 2. The van der Waals surface area contributed by atoms with Crippen LogP contribution in [0.25, 0.3) is 0 Å². The summed E-state index contributed by atoms with van der Waals surface area (Å²) in [6.45, 7) is 11.1. The van der Waals surface area contributed by atoms with E-state index in [9.17, 15) is 19.5 Å². The van der Waals surface area contributed by atoms with Crippen LogP contribution in [0.4, 0.5) is 10.5 Å². The van der Waals surface area contributed by atoms with Crippen LogP contribution in [-0.4, -0.2) is 66.3 Å². The molecule has 2 N–H and O–H groups in total. The molecule has 2 aliphatic heterocycles. The molecular weight excluding hydrogens is 490 g/mol. The van der Waals surface area contributed by atoms with Gasteiger partial charge in [-0.1, -0.05) is 27.7 Å². The molecule has 4 rings (SSSR count). The van der Waals surface area contributed by atoms with Crippen LogP contribution in [0.2, 0.25) is 0 Å². The standard InChI is InChI=1S/C28H43N3O5S/c1-18-7-9-19(10-8-18)25(32)31(22-16-23(28(2,3)4)37-24(22)26(33)34)20-11-14-30(15-12-20)27(35)36-21-6-5-13-29-17-21/h16,18-21,29H,5-15,17H2,1-4H3,(H,33,34)/t18-,19-,21-/m1/s1. The molecule has 0 bridgehead atoms. The highest BCUT2D eigenvalue weighted by molar-refractivity contribution is 7.14. The van der Waals surface area contributed by atoms with Crippen LogP contribution in [0.3, 0.4) is 0 Å². The van der Waals surface area contributed by atoms with Crippen LogP contribution in [0.1, 0.15) is 93.6 Å². The molecule has 3 fully saturated rings. The minimum absolute atomic E-state index is 0.0435. The number of carboxylic acid groups (broad SMARTS) is 1. The number of anilines is 1. The molecule has 0 spiro atoms. The van der Waals surface area contributed by atoms with Gasteiger partial charge in [0.05, 0.1) is 5.69 Å². The third kappa shape index (κ3) is 6.66. The molecule has 1 aliphatic carbocycles. The first kappa shape index (κ1) is 27.9. The largest absolute Gasteiger partial charge is 0.477 e. The van der Waals surface area contributed by atoms with Crippen molar-refractivity contribution in [3.05, 3.63) is 15.8 Å². The number of carboxylic acids is 1. The van der Waals surface area contributed by atoms with Crippen LogP contribution in [0.15, 0.2) is 6.07 Å². The highest BCUT2D eigenvalue weighted by Gasteiger charge is 2.39. The van der Waals surface area contributed by atoms with Gasteiger partial charge in [-0.3, -0.25) is 4.79 Å². The lowest BCUT2D eigenvalue weighted by Crippen LogP contribution is -2.51. The minimum Gasteiger partial charge on any atom is -0.477 e. The molecule has 0 radical (unpaired) electrons. The molecular formula is C28H43N3O5S. The Morgan fingerprint density at radius 3 is 2.32 bits per heavy atom. The molecule has 1 atom stereocenters. The summed E-state index contributed by atoms with van der Waals surface area (Å²) in [6, 6.07) is 1.78. The third-order valence-electron chi connectivity index (χ3n) is 8.11. The van der Waals surface area contributed by atoms with Crippen LogP contribution in [-0.2, 0) is 14.9 Å². The van der Waals surface area contributed by atoms with Gasteiger partial charge in [0.25, 0.3) is 0 Å². The number of rotatable bonds is 5. The number of aromatic carboxylic acids is 1. The number of piperidine rings is 2. The quantitative estimate of drug-likeness (QED) is 0.536. The maximum atomic E-state index is 14.0. The van der Waals surface area contributed by atoms with Crippen molar-refractivity contribution in [2.75, 3.05) is 31.1 Å². The van der Waals surface area contributed by atoms with Gasteiger partial charge in [-0.25, -0.2) is 9.59 Å². The van der Waals surface area contributed by atoms with Crippen LogP contribution >= 0.6 is 11.3 Å². The van der Waals surface area contributed by atoms with Gasteiger partial charge in [-0.15, -0.1) is 11.3 Å². The van der Waals surface area contributed by atoms with Crippen molar-refractivity contribution in [2.45, 2.75) is 96.6 Å². The monoisotopic (exact) mass is 533 g/mol. The number of ether oxygens (including phenoxy) is 1. The first-order valence-electron chi connectivity index (χ1n) is 13.9. The van der Waals surface area contributed by atoms with Crippen LogP contribution in [0.5, 0.6) is 0 Å². The van der Waals surface area contributed by atoms with Crippen molar-refractivity contribution >= 4 is 35.0 Å². The highest BCUT2D eigenvalue weighted by atomic mass is 32.1. The topological polar surface area (TPSA) is 99.2 Å². The molecule has 1 aromatic heterocycles. The molecule has 8 nitrogen and oxygen atoms in total. The van der Waals surface area contributed by atoms with Crippen molar-refractivity contribution in [1.29, 1.82) is 0 Å². The molecule has 37 heavy (non-hydrogen) atoms.